The van der Waals surface area contributed by atoms with Gasteiger partial charge in [-0.05, 0) is 26.3 Å². The summed E-state index contributed by atoms with van der Waals surface area (Å²) >= 11 is 0. The number of rotatable bonds is 1. The molecule has 0 fully saturated rings. The third-order valence-corrected chi connectivity index (χ3v) is 2.09. The van der Waals surface area contributed by atoms with Gasteiger partial charge in [-0.15, -0.1) is 0 Å². The van der Waals surface area contributed by atoms with Crippen molar-refractivity contribution >= 4 is 5.69 Å². The number of hydrogen-bond acceptors (Lipinski definition) is 2. The van der Waals surface area contributed by atoms with Crippen LogP contribution < -0.4 is 0 Å². The Labute approximate surface area is 84.9 Å². The second-order valence-electron chi connectivity index (χ2n) is 2.93. The van der Waals surface area contributed by atoms with Gasteiger partial charge in [0.1, 0.15) is 0 Å². The van der Waals surface area contributed by atoms with Crippen molar-refractivity contribution in [1.29, 1.82) is 0 Å². The van der Waals surface area contributed by atoms with Gasteiger partial charge in [0.2, 0.25) is 0 Å². The number of nitro benzene ring substituents is 1. The first-order valence-corrected chi connectivity index (χ1v) is 4.75. The summed E-state index contributed by atoms with van der Waals surface area (Å²) in [6.07, 6.45) is 0. The van der Waals surface area contributed by atoms with E-state index < -0.39 is 0 Å². The third-order valence-electron chi connectivity index (χ3n) is 2.09. The zero-order valence-electron chi connectivity index (χ0n) is 9.42. The topological polar surface area (TPSA) is 43.1 Å². The van der Waals surface area contributed by atoms with Crippen molar-refractivity contribution in [2.24, 2.45) is 0 Å². The molecule has 0 amide bonds. The van der Waals surface area contributed by atoms with Crippen molar-refractivity contribution in [1.82, 2.24) is 0 Å². The van der Waals surface area contributed by atoms with Crippen LogP contribution in [0.4, 0.5) is 5.69 Å². The van der Waals surface area contributed by atoms with E-state index in [1.807, 2.05) is 26.8 Å². The first kappa shape index (κ1) is 12.6. The van der Waals surface area contributed by atoms with E-state index in [1.165, 1.54) is 0 Å². The molecule has 0 bridgehead atoms. The molecule has 3 heteroatoms. The highest BCUT2D eigenvalue weighted by molar-refractivity contribution is 5.49. The highest BCUT2D eigenvalue weighted by Crippen LogP contribution is 2.24. The molecular weight excluding hydrogens is 178 g/mol. The Morgan fingerprint density at radius 1 is 1.07 bits per heavy atom. The van der Waals surface area contributed by atoms with Crippen LogP contribution in [0.1, 0.15) is 30.5 Å². The summed E-state index contributed by atoms with van der Waals surface area (Å²) in [4.78, 5) is 10.3. The predicted octanol–water partition coefficient (Wildman–Crippen LogP) is 3.55. The summed E-state index contributed by atoms with van der Waals surface area (Å²) < 4.78 is 0. The second-order valence-corrected chi connectivity index (χ2v) is 2.93. The molecule has 0 aliphatic heterocycles. The average Bonchev–Trinajstić information content (AvgIpc) is 2.15. The Hall–Kier alpha value is -1.38. The van der Waals surface area contributed by atoms with Crippen LogP contribution in [-0.2, 0) is 0 Å². The molecule has 0 heterocycles. The molecule has 0 atom stereocenters. The van der Waals surface area contributed by atoms with Crippen molar-refractivity contribution in [3.05, 3.63) is 38.9 Å². The van der Waals surface area contributed by atoms with Crippen LogP contribution in [0.15, 0.2) is 12.1 Å². The zero-order valence-corrected chi connectivity index (χ0v) is 9.42. The van der Waals surface area contributed by atoms with E-state index in [0.717, 1.165) is 16.7 Å². The van der Waals surface area contributed by atoms with E-state index >= 15 is 0 Å². The molecule has 78 valence electrons. The molecule has 0 unspecified atom stereocenters. The molecule has 0 spiro atoms. The van der Waals surface area contributed by atoms with Crippen LogP contribution >= 0.6 is 0 Å². The van der Waals surface area contributed by atoms with Gasteiger partial charge in [0.15, 0.2) is 0 Å². The standard InChI is InChI=1S/C9H11NO2.C2H6/c1-6-4-5-7(2)9(8(6)3)10(11)12;1-2/h4-5H,1-3H3;1-2H3. The number of hydrogen-bond donors (Lipinski definition) is 0. The monoisotopic (exact) mass is 195 g/mol. The lowest BCUT2D eigenvalue weighted by Gasteiger charge is -2.03. The lowest BCUT2D eigenvalue weighted by molar-refractivity contribution is -0.386. The average molecular weight is 195 g/mol. The molecule has 1 rings (SSSR count). The summed E-state index contributed by atoms with van der Waals surface area (Å²) in [5, 5.41) is 10.6. The van der Waals surface area contributed by atoms with Crippen LogP contribution in [0.5, 0.6) is 0 Å². The van der Waals surface area contributed by atoms with Gasteiger partial charge >= 0.3 is 0 Å². The Bertz CT molecular complexity index is 332. The lowest BCUT2D eigenvalue weighted by Crippen LogP contribution is -1.96. The van der Waals surface area contributed by atoms with Gasteiger partial charge in [-0.3, -0.25) is 10.1 Å². The first-order chi connectivity index (χ1) is 6.54. The van der Waals surface area contributed by atoms with E-state index in [-0.39, 0.29) is 10.6 Å². The van der Waals surface area contributed by atoms with E-state index in [0.29, 0.717) is 0 Å². The predicted molar refractivity (Wildman–Crippen MR) is 58.7 cm³/mol. The number of aryl methyl sites for hydroxylation is 2. The quantitative estimate of drug-likeness (QED) is 0.508. The normalized spacial score (nSPS) is 8.93. The fourth-order valence-corrected chi connectivity index (χ4v) is 1.22. The molecule has 0 saturated heterocycles. The fourth-order valence-electron chi connectivity index (χ4n) is 1.22. The highest BCUT2D eigenvalue weighted by atomic mass is 16.6. The van der Waals surface area contributed by atoms with Crippen molar-refractivity contribution < 1.29 is 4.92 Å². The van der Waals surface area contributed by atoms with Crippen molar-refractivity contribution in [2.45, 2.75) is 34.6 Å². The van der Waals surface area contributed by atoms with Gasteiger partial charge in [-0.2, -0.15) is 0 Å². The summed E-state index contributed by atoms with van der Waals surface area (Å²) in [5.41, 5.74) is 2.70. The molecule has 14 heavy (non-hydrogen) atoms. The lowest BCUT2D eigenvalue weighted by atomic mass is 10.0. The van der Waals surface area contributed by atoms with Gasteiger partial charge in [-0.25, -0.2) is 0 Å². The van der Waals surface area contributed by atoms with Gasteiger partial charge in [0.25, 0.3) is 5.69 Å². The van der Waals surface area contributed by atoms with Crippen LogP contribution in [0.2, 0.25) is 0 Å². The summed E-state index contributed by atoms with van der Waals surface area (Å²) in [6.45, 7) is 9.41. The van der Waals surface area contributed by atoms with Crippen molar-refractivity contribution in [3.8, 4) is 0 Å². The van der Waals surface area contributed by atoms with Crippen LogP contribution in [-0.4, -0.2) is 4.92 Å². The number of nitro groups is 1. The maximum Gasteiger partial charge on any atom is 0.275 e. The molecule has 0 radical (unpaired) electrons. The van der Waals surface area contributed by atoms with Crippen molar-refractivity contribution in [2.75, 3.05) is 0 Å². The Morgan fingerprint density at radius 2 is 1.50 bits per heavy atom. The SMILES string of the molecule is CC.Cc1ccc(C)c([N+](=O)[O-])c1C. The van der Waals surface area contributed by atoms with Gasteiger partial charge in [0.05, 0.1) is 4.92 Å². The smallest absolute Gasteiger partial charge is 0.258 e. The van der Waals surface area contributed by atoms with E-state index in [2.05, 4.69) is 0 Å². The largest absolute Gasteiger partial charge is 0.275 e. The van der Waals surface area contributed by atoms with Crippen LogP contribution in [0, 0.1) is 30.9 Å². The molecule has 0 N–H and O–H groups in total. The molecular formula is C11H17NO2. The first-order valence-electron chi connectivity index (χ1n) is 4.75. The van der Waals surface area contributed by atoms with Gasteiger partial charge in [0, 0.05) is 11.1 Å². The van der Waals surface area contributed by atoms with Gasteiger partial charge < -0.3 is 0 Å². The van der Waals surface area contributed by atoms with Crippen molar-refractivity contribution in [3.63, 3.8) is 0 Å². The molecule has 0 aliphatic rings. The molecule has 1 aromatic rings. The highest BCUT2D eigenvalue weighted by Gasteiger charge is 2.14. The third kappa shape index (κ3) is 2.55. The Morgan fingerprint density at radius 3 is 1.86 bits per heavy atom. The fraction of sp³-hybridized carbons (Fsp3) is 0.455. The minimum absolute atomic E-state index is 0.245. The minimum atomic E-state index is -0.322. The van der Waals surface area contributed by atoms with E-state index in [9.17, 15) is 10.1 Å². The molecule has 1 aromatic carbocycles. The number of nitrogens with zero attached hydrogens (tertiary/aromatic N) is 1. The van der Waals surface area contributed by atoms with Crippen LogP contribution in [0.25, 0.3) is 0 Å². The number of benzene rings is 1. The summed E-state index contributed by atoms with van der Waals surface area (Å²) in [6, 6.07) is 3.68. The second kappa shape index (κ2) is 5.37. The maximum absolute atomic E-state index is 10.6. The maximum atomic E-state index is 10.6. The molecule has 0 saturated carbocycles. The molecule has 0 aliphatic carbocycles. The Kier molecular flexibility index (Phi) is 4.84. The summed E-state index contributed by atoms with van der Waals surface area (Å²) in [7, 11) is 0. The minimum Gasteiger partial charge on any atom is -0.258 e. The molecule has 3 nitrogen and oxygen atoms in total. The van der Waals surface area contributed by atoms with E-state index in [1.54, 1.807) is 19.9 Å². The molecule has 0 aromatic heterocycles. The van der Waals surface area contributed by atoms with Crippen LogP contribution in [0.3, 0.4) is 0 Å². The Balaban J connectivity index is 0.000000791. The van der Waals surface area contributed by atoms with E-state index in [4.69, 9.17) is 0 Å². The van der Waals surface area contributed by atoms with Gasteiger partial charge in [-0.1, -0.05) is 26.0 Å². The zero-order chi connectivity index (χ0) is 11.3. The summed E-state index contributed by atoms with van der Waals surface area (Å²) in [5.74, 6) is 0.